The van der Waals surface area contributed by atoms with E-state index in [9.17, 15) is 4.79 Å². The van der Waals surface area contributed by atoms with E-state index in [0.717, 1.165) is 11.3 Å². The molecule has 5 heterocycles. The predicted octanol–water partition coefficient (Wildman–Crippen LogP) is 2.86. The number of fused-ring (bicyclic) bond motifs is 1. The fourth-order valence-corrected chi connectivity index (χ4v) is 3.65. The number of amides is 1. The van der Waals surface area contributed by atoms with E-state index in [0.29, 0.717) is 53.1 Å². The second-order valence-corrected chi connectivity index (χ2v) is 7.35. The fourth-order valence-electron chi connectivity index (χ4n) is 3.65. The van der Waals surface area contributed by atoms with Crippen LogP contribution in [0.1, 0.15) is 27.5 Å². The first kappa shape index (κ1) is 19.7. The molecule has 1 aliphatic heterocycles. The first-order chi connectivity index (χ1) is 15.6. The maximum atomic E-state index is 13.0. The van der Waals surface area contributed by atoms with Crippen molar-refractivity contribution in [3.63, 3.8) is 0 Å². The minimum Gasteiger partial charge on any atom is -0.491 e. The minimum absolute atomic E-state index is 0.112. The maximum Gasteiger partial charge on any atom is 0.260 e. The average Bonchev–Trinajstić information content (AvgIpc) is 3.52. The Morgan fingerprint density at radius 2 is 2.03 bits per heavy atom. The lowest BCUT2D eigenvalue weighted by Crippen LogP contribution is -2.22. The zero-order valence-corrected chi connectivity index (χ0v) is 17.8. The molecule has 0 aromatic carbocycles. The molecule has 1 aliphatic rings. The monoisotopic (exact) mass is 432 g/mol. The van der Waals surface area contributed by atoms with E-state index in [1.165, 1.54) is 7.11 Å². The number of ether oxygens (including phenoxy) is 2. The number of methoxy groups -OCH3 is 2. The van der Waals surface area contributed by atoms with Gasteiger partial charge in [-0.05, 0) is 25.1 Å². The molecule has 32 heavy (non-hydrogen) atoms. The summed E-state index contributed by atoms with van der Waals surface area (Å²) in [4.78, 5) is 23.6. The van der Waals surface area contributed by atoms with Crippen LogP contribution < -0.4 is 14.4 Å². The lowest BCUT2D eigenvalue weighted by Gasteiger charge is -2.11. The van der Waals surface area contributed by atoms with Crippen molar-refractivity contribution in [3.05, 3.63) is 65.6 Å². The average molecular weight is 432 g/mol. The maximum absolute atomic E-state index is 13.0. The summed E-state index contributed by atoms with van der Waals surface area (Å²) in [5, 5.41) is 8.23. The van der Waals surface area contributed by atoms with Gasteiger partial charge in [0.2, 0.25) is 0 Å². The van der Waals surface area contributed by atoms with Crippen LogP contribution in [0.2, 0.25) is 0 Å². The largest absolute Gasteiger partial charge is 0.491 e. The number of carbonyl (C=O) groups is 1. The smallest absolute Gasteiger partial charge is 0.260 e. The van der Waals surface area contributed by atoms with E-state index >= 15 is 0 Å². The molecular weight excluding hydrogens is 412 g/mol. The van der Waals surface area contributed by atoms with Gasteiger partial charge in [-0.25, -0.2) is 4.98 Å². The number of anilines is 1. The molecule has 0 spiro atoms. The summed E-state index contributed by atoms with van der Waals surface area (Å²) in [6.07, 6.45) is 5.13. The van der Waals surface area contributed by atoms with Gasteiger partial charge in [-0.1, -0.05) is 5.16 Å². The molecule has 0 radical (unpaired) electrons. The number of aryl methyl sites for hydroxylation is 1. The van der Waals surface area contributed by atoms with Gasteiger partial charge in [-0.3, -0.25) is 19.4 Å². The molecule has 10 heteroatoms. The molecule has 4 aromatic heterocycles. The molecular formula is C22H20N6O4. The summed E-state index contributed by atoms with van der Waals surface area (Å²) in [6.45, 7) is 2.65. The third kappa shape index (κ3) is 3.45. The van der Waals surface area contributed by atoms with Gasteiger partial charge in [0, 0.05) is 24.0 Å². The van der Waals surface area contributed by atoms with Gasteiger partial charge in [0.15, 0.2) is 11.5 Å². The van der Waals surface area contributed by atoms with Crippen molar-refractivity contribution in [2.24, 2.45) is 0 Å². The molecule has 162 valence electrons. The Balaban J connectivity index is 1.38. The highest BCUT2D eigenvalue weighted by atomic mass is 16.5. The highest BCUT2D eigenvalue weighted by molar-refractivity contribution is 6.09. The first-order valence-electron chi connectivity index (χ1n) is 9.90. The molecule has 0 saturated heterocycles. The fraction of sp³-hybridized carbons (Fsp3) is 0.227. The van der Waals surface area contributed by atoms with Crippen LogP contribution in [0.3, 0.4) is 0 Å². The second kappa shape index (κ2) is 7.80. The van der Waals surface area contributed by atoms with Gasteiger partial charge in [0.1, 0.15) is 6.54 Å². The van der Waals surface area contributed by atoms with Crippen molar-refractivity contribution in [3.8, 4) is 22.9 Å². The molecule has 4 aromatic rings. The molecule has 0 fully saturated rings. The predicted molar refractivity (Wildman–Crippen MR) is 114 cm³/mol. The number of rotatable bonds is 6. The van der Waals surface area contributed by atoms with E-state index in [1.807, 2.05) is 19.1 Å². The third-order valence-corrected chi connectivity index (χ3v) is 5.21. The number of carbonyl (C=O) groups excluding carboxylic acids is 1. The van der Waals surface area contributed by atoms with E-state index in [1.54, 1.807) is 47.4 Å². The van der Waals surface area contributed by atoms with Crippen molar-refractivity contribution in [1.82, 2.24) is 24.9 Å². The number of aromatic nitrogens is 5. The van der Waals surface area contributed by atoms with Gasteiger partial charge in [0.25, 0.3) is 11.8 Å². The molecule has 0 aliphatic carbocycles. The van der Waals surface area contributed by atoms with E-state index in [-0.39, 0.29) is 5.91 Å². The van der Waals surface area contributed by atoms with Crippen molar-refractivity contribution < 1.29 is 18.8 Å². The number of pyridine rings is 2. The SMILES string of the molecule is COc1cc(-c2ccc3c(n2)CN(c2cnn(Cc4cc(C)no4)c2)C3=O)cnc1OC. The van der Waals surface area contributed by atoms with Crippen LogP contribution in [-0.4, -0.2) is 45.0 Å². The van der Waals surface area contributed by atoms with Crippen LogP contribution in [0, 0.1) is 6.92 Å². The molecule has 1 amide bonds. The van der Waals surface area contributed by atoms with Crippen molar-refractivity contribution in [1.29, 1.82) is 0 Å². The summed E-state index contributed by atoms with van der Waals surface area (Å²) in [6, 6.07) is 7.26. The summed E-state index contributed by atoms with van der Waals surface area (Å²) in [5.74, 6) is 1.50. The summed E-state index contributed by atoms with van der Waals surface area (Å²) in [7, 11) is 3.09. The molecule has 10 nitrogen and oxygen atoms in total. The van der Waals surface area contributed by atoms with Gasteiger partial charge >= 0.3 is 0 Å². The van der Waals surface area contributed by atoms with Crippen LogP contribution in [0.25, 0.3) is 11.3 Å². The molecule has 5 rings (SSSR count). The van der Waals surface area contributed by atoms with Crippen LogP contribution >= 0.6 is 0 Å². The van der Waals surface area contributed by atoms with Crippen molar-refractivity contribution >= 4 is 11.6 Å². The zero-order valence-electron chi connectivity index (χ0n) is 17.8. The molecule has 0 N–H and O–H groups in total. The van der Waals surface area contributed by atoms with Gasteiger partial charge in [-0.2, -0.15) is 5.10 Å². The quantitative estimate of drug-likeness (QED) is 0.458. The van der Waals surface area contributed by atoms with Gasteiger partial charge < -0.3 is 14.0 Å². The van der Waals surface area contributed by atoms with E-state index in [2.05, 4.69) is 15.2 Å². The number of nitrogens with zero attached hydrogens (tertiary/aromatic N) is 6. The Labute approximate surface area is 183 Å². The highest BCUT2D eigenvalue weighted by Crippen LogP contribution is 2.32. The molecule has 0 atom stereocenters. The van der Waals surface area contributed by atoms with Crippen LogP contribution in [0.4, 0.5) is 5.69 Å². The minimum atomic E-state index is -0.112. The van der Waals surface area contributed by atoms with E-state index < -0.39 is 0 Å². The Bertz CT molecular complexity index is 1310. The van der Waals surface area contributed by atoms with Crippen LogP contribution in [0.5, 0.6) is 11.6 Å². The third-order valence-electron chi connectivity index (χ3n) is 5.21. The lowest BCUT2D eigenvalue weighted by atomic mass is 10.1. The van der Waals surface area contributed by atoms with Crippen molar-refractivity contribution in [2.75, 3.05) is 19.1 Å². The van der Waals surface area contributed by atoms with E-state index in [4.69, 9.17) is 19.0 Å². The Hall–Kier alpha value is -4.21. The van der Waals surface area contributed by atoms with Gasteiger partial charge in [0.05, 0.1) is 55.3 Å². The summed E-state index contributed by atoms with van der Waals surface area (Å²) in [5.41, 5.74) is 4.24. The van der Waals surface area contributed by atoms with Crippen molar-refractivity contribution in [2.45, 2.75) is 20.0 Å². The molecule has 0 saturated carbocycles. The molecule has 0 unspecified atom stereocenters. The summed E-state index contributed by atoms with van der Waals surface area (Å²) >= 11 is 0. The second-order valence-electron chi connectivity index (χ2n) is 7.35. The standard InChI is InChI=1S/C22H20N6O4/c1-13-6-16(32-26-13)11-27-10-15(9-24-27)28-12-19-17(22(28)29)4-5-18(25-19)14-7-20(30-2)21(31-3)23-8-14/h4-10H,11-12H2,1-3H3. The lowest BCUT2D eigenvalue weighted by molar-refractivity contribution is 0.0996. The summed E-state index contributed by atoms with van der Waals surface area (Å²) < 4.78 is 17.5. The Morgan fingerprint density at radius 3 is 2.78 bits per heavy atom. The number of hydrogen-bond donors (Lipinski definition) is 0. The topological polar surface area (TPSA) is 108 Å². The normalized spacial score (nSPS) is 12.8. The zero-order chi connectivity index (χ0) is 22.2. The molecule has 0 bridgehead atoms. The van der Waals surface area contributed by atoms with Crippen LogP contribution in [0.15, 0.2) is 47.4 Å². The first-order valence-corrected chi connectivity index (χ1v) is 9.90. The highest BCUT2D eigenvalue weighted by Gasteiger charge is 2.31. The Morgan fingerprint density at radius 1 is 1.16 bits per heavy atom. The Kier molecular flexibility index (Phi) is 4.81. The number of hydrogen-bond acceptors (Lipinski definition) is 8. The van der Waals surface area contributed by atoms with Crippen LogP contribution in [-0.2, 0) is 13.1 Å². The van der Waals surface area contributed by atoms with Gasteiger partial charge in [-0.15, -0.1) is 0 Å².